The van der Waals surface area contributed by atoms with Crippen LogP contribution in [0, 0.1) is 0 Å². The molecule has 7 heteroatoms. The van der Waals surface area contributed by atoms with E-state index >= 15 is 0 Å². The summed E-state index contributed by atoms with van der Waals surface area (Å²) in [5.41, 5.74) is 6.95. The summed E-state index contributed by atoms with van der Waals surface area (Å²) in [6.45, 7) is 1.19. The zero-order valence-electron chi connectivity index (χ0n) is 13.7. The summed E-state index contributed by atoms with van der Waals surface area (Å²) in [6.07, 6.45) is 0.799. The van der Waals surface area contributed by atoms with Crippen LogP contribution in [0.25, 0.3) is 0 Å². The Labute approximate surface area is 154 Å². The van der Waals surface area contributed by atoms with E-state index in [4.69, 9.17) is 5.73 Å². The summed E-state index contributed by atoms with van der Waals surface area (Å²) >= 11 is 0. The molecule has 1 amide bonds. The smallest absolute Gasteiger partial charge is 0.253 e. The molecule has 2 N–H and O–H groups in total. The van der Waals surface area contributed by atoms with Gasteiger partial charge < -0.3 is 10.6 Å². The van der Waals surface area contributed by atoms with E-state index in [9.17, 15) is 13.2 Å². The SMILES string of the molecule is Cl.NC1CCN(C(=O)c2cccc(CS(=O)(=O)c3ccccc3)c2)C1. The van der Waals surface area contributed by atoms with Gasteiger partial charge in [-0.25, -0.2) is 8.42 Å². The lowest BCUT2D eigenvalue weighted by atomic mass is 10.1. The van der Waals surface area contributed by atoms with Gasteiger partial charge in [0, 0.05) is 24.7 Å². The second kappa shape index (κ2) is 7.99. The van der Waals surface area contributed by atoms with Crippen molar-refractivity contribution in [2.75, 3.05) is 13.1 Å². The number of halogens is 1. The lowest BCUT2D eigenvalue weighted by molar-refractivity contribution is 0.0790. The predicted octanol–water partition coefficient (Wildman–Crippen LogP) is 2.26. The number of carbonyl (C=O) groups excluding carboxylic acids is 1. The van der Waals surface area contributed by atoms with Crippen LogP contribution in [0.15, 0.2) is 59.5 Å². The average Bonchev–Trinajstić information content (AvgIpc) is 3.01. The van der Waals surface area contributed by atoms with E-state index < -0.39 is 9.84 Å². The molecule has 0 saturated carbocycles. The second-order valence-corrected chi connectivity index (χ2v) is 8.06. The Balaban J connectivity index is 0.00000225. The maximum Gasteiger partial charge on any atom is 0.253 e. The van der Waals surface area contributed by atoms with Crippen molar-refractivity contribution in [3.05, 3.63) is 65.7 Å². The van der Waals surface area contributed by atoms with Gasteiger partial charge in [-0.3, -0.25) is 4.79 Å². The van der Waals surface area contributed by atoms with Crippen molar-refractivity contribution in [1.82, 2.24) is 4.90 Å². The number of nitrogens with two attached hydrogens (primary N) is 1. The average molecular weight is 381 g/mol. The molecule has 2 aromatic rings. The molecular weight excluding hydrogens is 360 g/mol. The van der Waals surface area contributed by atoms with E-state index in [2.05, 4.69) is 0 Å². The highest BCUT2D eigenvalue weighted by molar-refractivity contribution is 7.90. The molecule has 1 aliphatic heterocycles. The predicted molar refractivity (Wildman–Crippen MR) is 99.5 cm³/mol. The number of likely N-dealkylation sites (tertiary alicyclic amines) is 1. The Morgan fingerprint density at radius 3 is 2.48 bits per heavy atom. The van der Waals surface area contributed by atoms with Gasteiger partial charge in [0.25, 0.3) is 5.91 Å². The monoisotopic (exact) mass is 380 g/mol. The van der Waals surface area contributed by atoms with Gasteiger partial charge in [0.15, 0.2) is 9.84 Å². The number of rotatable bonds is 4. The minimum atomic E-state index is -3.43. The normalized spacial score (nSPS) is 17.2. The number of carbonyl (C=O) groups is 1. The van der Waals surface area contributed by atoms with Gasteiger partial charge in [-0.1, -0.05) is 30.3 Å². The van der Waals surface area contributed by atoms with Crippen LogP contribution in [0.4, 0.5) is 0 Å². The third-order valence-corrected chi connectivity index (χ3v) is 5.85. The van der Waals surface area contributed by atoms with E-state index in [0.29, 0.717) is 24.2 Å². The first-order valence-corrected chi connectivity index (χ1v) is 9.52. The van der Waals surface area contributed by atoms with Gasteiger partial charge in [-0.2, -0.15) is 0 Å². The third-order valence-electron chi connectivity index (χ3n) is 4.14. The minimum absolute atomic E-state index is 0. The topological polar surface area (TPSA) is 80.5 Å². The number of hydrogen-bond donors (Lipinski definition) is 1. The lowest BCUT2D eigenvalue weighted by Gasteiger charge is -2.16. The second-order valence-electron chi connectivity index (χ2n) is 6.07. The van der Waals surface area contributed by atoms with Crippen molar-refractivity contribution >= 4 is 28.2 Å². The first-order valence-electron chi connectivity index (χ1n) is 7.87. The summed E-state index contributed by atoms with van der Waals surface area (Å²) in [6, 6.07) is 15.2. The molecule has 1 atom stereocenters. The number of amides is 1. The molecule has 2 aromatic carbocycles. The van der Waals surface area contributed by atoms with Gasteiger partial charge in [-0.15, -0.1) is 12.4 Å². The Kier molecular flexibility index (Phi) is 6.21. The van der Waals surface area contributed by atoms with Crippen molar-refractivity contribution < 1.29 is 13.2 Å². The summed E-state index contributed by atoms with van der Waals surface area (Å²) < 4.78 is 24.9. The van der Waals surface area contributed by atoms with Crippen LogP contribution in [0.5, 0.6) is 0 Å². The van der Waals surface area contributed by atoms with E-state index in [1.165, 1.54) is 0 Å². The maximum atomic E-state index is 12.5. The fourth-order valence-electron chi connectivity index (χ4n) is 2.88. The van der Waals surface area contributed by atoms with Crippen LogP contribution in [0.3, 0.4) is 0 Å². The lowest BCUT2D eigenvalue weighted by Crippen LogP contribution is -2.31. The number of sulfone groups is 1. The standard InChI is InChI=1S/C18H20N2O3S.ClH/c19-16-9-10-20(12-16)18(21)15-6-4-5-14(11-15)13-24(22,23)17-7-2-1-3-8-17;/h1-8,11,16H,9-10,12-13,19H2;1H. The molecule has 0 radical (unpaired) electrons. The quantitative estimate of drug-likeness (QED) is 0.882. The molecule has 1 fully saturated rings. The highest BCUT2D eigenvalue weighted by Crippen LogP contribution is 2.18. The first-order chi connectivity index (χ1) is 11.5. The molecule has 1 heterocycles. The molecule has 1 unspecified atom stereocenters. The fourth-order valence-corrected chi connectivity index (χ4v) is 4.24. The van der Waals surface area contributed by atoms with Gasteiger partial charge in [0.2, 0.25) is 0 Å². The Morgan fingerprint density at radius 2 is 1.84 bits per heavy atom. The van der Waals surface area contributed by atoms with Gasteiger partial charge in [0.1, 0.15) is 0 Å². The largest absolute Gasteiger partial charge is 0.337 e. The van der Waals surface area contributed by atoms with Crippen molar-refractivity contribution in [1.29, 1.82) is 0 Å². The van der Waals surface area contributed by atoms with Crippen LogP contribution < -0.4 is 5.73 Å². The van der Waals surface area contributed by atoms with Crippen LogP contribution in [-0.2, 0) is 15.6 Å². The molecule has 0 aromatic heterocycles. The first kappa shape index (κ1) is 19.4. The van der Waals surface area contributed by atoms with E-state index in [-0.39, 0.29) is 35.0 Å². The Bertz CT molecular complexity index is 840. The van der Waals surface area contributed by atoms with Gasteiger partial charge in [-0.05, 0) is 36.2 Å². The molecule has 134 valence electrons. The zero-order valence-corrected chi connectivity index (χ0v) is 15.3. The number of hydrogen-bond acceptors (Lipinski definition) is 4. The van der Waals surface area contributed by atoms with Crippen molar-refractivity contribution in [3.63, 3.8) is 0 Å². The summed E-state index contributed by atoms with van der Waals surface area (Å²) in [4.78, 5) is 14.5. The van der Waals surface area contributed by atoms with Gasteiger partial charge in [0.05, 0.1) is 10.6 Å². The highest BCUT2D eigenvalue weighted by atomic mass is 35.5. The maximum absolute atomic E-state index is 12.5. The summed E-state index contributed by atoms with van der Waals surface area (Å²) in [7, 11) is -3.43. The molecule has 3 rings (SSSR count). The molecular formula is C18H21ClN2O3S. The van der Waals surface area contributed by atoms with Crippen molar-refractivity contribution in [2.24, 2.45) is 5.73 Å². The molecule has 1 aliphatic rings. The minimum Gasteiger partial charge on any atom is -0.337 e. The Morgan fingerprint density at radius 1 is 1.12 bits per heavy atom. The molecule has 1 saturated heterocycles. The summed E-state index contributed by atoms with van der Waals surface area (Å²) in [5.74, 6) is -0.223. The van der Waals surface area contributed by atoms with Crippen LogP contribution in [0.1, 0.15) is 22.3 Å². The number of nitrogens with zero attached hydrogens (tertiary/aromatic N) is 1. The molecule has 25 heavy (non-hydrogen) atoms. The van der Waals surface area contributed by atoms with Gasteiger partial charge >= 0.3 is 0 Å². The van der Waals surface area contributed by atoms with Crippen molar-refractivity contribution in [3.8, 4) is 0 Å². The Hall–Kier alpha value is -1.89. The van der Waals surface area contributed by atoms with Crippen LogP contribution in [-0.4, -0.2) is 38.4 Å². The molecule has 0 aliphatic carbocycles. The fraction of sp³-hybridized carbons (Fsp3) is 0.278. The summed E-state index contributed by atoms with van der Waals surface area (Å²) in [5, 5.41) is 0. The van der Waals surface area contributed by atoms with Crippen LogP contribution in [0.2, 0.25) is 0 Å². The van der Waals surface area contributed by atoms with Crippen LogP contribution >= 0.6 is 12.4 Å². The highest BCUT2D eigenvalue weighted by Gasteiger charge is 2.25. The molecule has 0 bridgehead atoms. The van der Waals surface area contributed by atoms with Crippen molar-refractivity contribution in [2.45, 2.75) is 23.1 Å². The molecule has 0 spiro atoms. The van der Waals surface area contributed by atoms with E-state index in [1.807, 2.05) is 0 Å². The van der Waals surface area contributed by atoms with E-state index in [0.717, 1.165) is 6.42 Å². The number of benzene rings is 2. The molecule has 5 nitrogen and oxygen atoms in total. The zero-order chi connectivity index (χ0) is 17.2. The van der Waals surface area contributed by atoms with E-state index in [1.54, 1.807) is 59.5 Å². The third kappa shape index (κ3) is 4.60.